The van der Waals surface area contributed by atoms with E-state index in [-0.39, 0.29) is 11.7 Å². The van der Waals surface area contributed by atoms with Crippen LogP contribution >= 0.6 is 11.6 Å². The first-order valence-corrected chi connectivity index (χ1v) is 5.47. The Bertz CT molecular complexity index is 596. The summed E-state index contributed by atoms with van der Waals surface area (Å²) >= 11 is 5.85. The lowest BCUT2D eigenvalue weighted by atomic mass is 9.97. The molecule has 0 N–H and O–H groups in total. The van der Waals surface area contributed by atoms with Gasteiger partial charge in [-0.3, -0.25) is 9.69 Å². The van der Waals surface area contributed by atoms with Gasteiger partial charge in [0.25, 0.3) is 0 Å². The molecule has 17 heavy (non-hydrogen) atoms. The van der Waals surface area contributed by atoms with Crippen LogP contribution in [0.1, 0.15) is 12.5 Å². The van der Waals surface area contributed by atoms with Crippen molar-refractivity contribution in [2.24, 2.45) is 4.99 Å². The van der Waals surface area contributed by atoms with Crippen LogP contribution in [0.25, 0.3) is 0 Å². The van der Waals surface area contributed by atoms with E-state index in [2.05, 4.69) is 4.99 Å². The minimum absolute atomic E-state index is 0.0993. The molecule has 0 radical (unpaired) electrons. The van der Waals surface area contributed by atoms with Crippen LogP contribution in [0, 0.1) is 0 Å². The zero-order valence-corrected chi connectivity index (χ0v) is 9.70. The van der Waals surface area contributed by atoms with Crippen LogP contribution in [0.3, 0.4) is 0 Å². The van der Waals surface area contributed by atoms with Crippen molar-refractivity contribution in [3.05, 3.63) is 41.1 Å². The number of fused-ring (bicyclic) bond motifs is 3. The Morgan fingerprint density at radius 3 is 3.00 bits per heavy atom. The van der Waals surface area contributed by atoms with Gasteiger partial charge in [-0.1, -0.05) is 11.6 Å². The first-order chi connectivity index (χ1) is 8.02. The number of hydrogen-bond donors (Lipinski definition) is 0. The van der Waals surface area contributed by atoms with E-state index in [0.717, 1.165) is 0 Å². The topological polar surface area (TPSA) is 32.7 Å². The summed E-state index contributed by atoms with van der Waals surface area (Å²) in [6, 6.07) is 4.84. The summed E-state index contributed by atoms with van der Waals surface area (Å²) in [7, 11) is 0. The second-order valence-corrected chi connectivity index (χ2v) is 4.45. The van der Waals surface area contributed by atoms with Crippen molar-refractivity contribution in [2.75, 3.05) is 0 Å². The van der Waals surface area contributed by atoms with Crippen LogP contribution < -0.4 is 0 Å². The normalized spacial score (nSPS) is 24.6. The number of aliphatic imine (C=N–C) groups is 1. The number of amides is 1. The van der Waals surface area contributed by atoms with Gasteiger partial charge >= 0.3 is 0 Å². The molecule has 2 aliphatic heterocycles. The molecule has 0 spiro atoms. The van der Waals surface area contributed by atoms with Crippen LogP contribution in [0.15, 0.2) is 35.5 Å². The Hall–Kier alpha value is -1.68. The van der Waals surface area contributed by atoms with Gasteiger partial charge in [-0.25, -0.2) is 9.38 Å². The second-order valence-electron chi connectivity index (χ2n) is 4.01. The monoisotopic (exact) mass is 250 g/mol. The van der Waals surface area contributed by atoms with Crippen LogP contribution in [-0.2, 0) is 10.5 Å². The molecular formula is C12H8ClFN2O. The van der Waals surface area contributed by atoms with Crippen LogP contribution in [0.5, 0.6) is 0 Å². The predicted octanol–water partition coefficient (Wildman–Crippen LogP) is 2.92. The number of carbonyl (C=O) groups excluding carboxylic acids is 1. The van der Waals surface area contributed by atoms with Gasteiger partial charge in [0.1, 0.15) is 0 Å². The summed E-state index contributed by atoms with van der Waals surface area (Å²) in [5, 5.41) is 0.451. The third kappa shape index (κ3) is 1.27. The summed E-state index contributed by atoms with van der Waals surface area (Å²) < 4.78 is 14.8. The highest BCUT2D eigenvalue weighted by molar-refractivity contribution is 6.31. The minimum Gasteiger partial charge on any atom is -0.274 e. The van der Waals surface area contributed by atoms with Gasteiger partial charge < -0.3 is 0 Å². The lowest BCUT2D eigenvalue weighted by Crippen LogP contribution is -2.35. The Labute approximate surface area is 102 Å². The highest BCUT2D eigenvalue weighted by atomic mass is 35.5. The Balaban J connectivity index is 2.18. The molecule has 1 atom stereocenters. The van der Waals surface area contributed by atoms with Gasteiger partial charge in [-0.15, -0.1) is 0 Å². The quantitative estimate of drug-likeness (QED) is 0.697. The van der Waals surface area contributed by atoms with Gasteiger partial charge in [0.05, 0.1) is 5.69 Å². The van der Waals surface area contributed by atoms with Gasteiger partial charge in [0.15, 0.2) is 5.84 Å². The largest absolute Gasteiger partial charge is 0.274 e. The maximum absolute atomic E-state index is 14.8. The fourth-order valence-corrected chi connectivity index (χ4v) is 2.28. The van der Waals surface area contributed by atoms with Crippen molar-refractivity contribution >= 4 is 29.0 Å². The minimum atomic E-state index is -1.83. The number of nitrogens with zero attached hydrogens (tertiary/aromatic N) is 2. The first kappa shape index (κ1) is 10.5. The summed E-state index contributed by atoms with van der Waals surface area (Å²) in [5.74, 6) is -0.166. The molecule has 0 saturated carbocycles. The molecule has 0 aromatic heterocycles. The van der Waals surface area contributed by atoms with E-state index in [1.807, 2.05) is 0 Å². The maximum Gasteiger partial charge on any atom is 0.228 e. The molecule has 0 bridgehead atoms. The second kappa shape index (κ2) is 3.17. The molecule has 3 nitrogen and oxygen atoms in total. The van der Waals surface area contributed by atoms with Crippen LogP contribution in [0.2, 0.25) is 5.02 Å². The molecule has 0 aliphatic carbocycles. The standard InChI is InChI=1S/C12H8ClFN2O/c1-7(17)16-5-4-12(14)9-6-8(13)2-3-10(9)15-11(12)16/h2-6H,1H3/t12-/m1/s1. The predicted molar refractivity (Wildman–Crippen MR) is 63.0 cm³/mol. The Morgan fingerprint density at radius 2 is 2.29 bits per heavy atom. The van der Waals surface area contributed by atoms with E-state index < -0.39 is 5.67 Å². The van der Waals surface area contributed by atoms with Crippen molar-refractivity contribution in [1.82, 2.24) is 4.90 Å². The van der Waals surface area contributed by atoms with Crippen molar-refractivity contribution in [3.63, 3.8) is 0 Å². The van der Waals surface area contributed by atoms with Gasteiger partial charge in [-0.05, 0) is 24.3 Å². The number of halogens is 2. The van der Waals surface area contributed by atoms with Crippen molar-refractivity contribution in [1.29, 1.82) is 0 Å². The number of rotatable bonds is 0. The van der Waals surface area contributed by atoms with E-state index in [1.54, 1.807) is 18.2 Å². The number of alkyl halides is 1. The Kier molecular flexibility index (Phi) is 1.95. The third-order valence-corrected chi connectivity index (χ3v) is 3.16. The molecule has 2 heterocycles. The molecule has 86 valence electrons. The number of hydrogen-bond acceptors (Lipinski definition) is 2. The highest BCUT2D eigenvalue weighted by Crippen LogP contribution is 2.47. The van der Waals surface area contributed by atoms with Crippen molar-refractivity contribution < 1.29 is 9.18 Å². The average Bonchev–Trinajstić information content (AvgIpc) is 2.72. The van der Waals surface area contributed by atoms with Gasteiger partial charge in [0.2, 0.25) is 11.6 Å². The molecule has 1 aromatic carbocycles. The molecule has 3 rings (SSSR count). The zero-order valence-electron chi connectivity index (χ0n) is 8.95. The van der Waals surface area contributed by atoms with Gasteiger partial charge in [0, 0.05) is 23.7 Å². The summed E-state index contributed by atoms with van der Waals surface area (Å²) in [4.78, 5) is 16.7. The molecule has 0 saturated heterocycles. The average molecular weight is 251 g/mol. The van der Waals surface area contributed by atoms with Crippen LogP contribution in [0.4, 0.5) is 10.1 Å². The number of carbonyl (C=O) groups is 1. The summed E-state index contributed by atoms with van der Waals surface area (Å²) in [6.45, 7) is 1.37. The fraction of sp³-hybridized carbons (Fsp3) is 0.167. The Morgan fingerprint density at radius 1 is 1.53 bits per heavy atom. The van der Waals surface area contributed by atoms with Crippen LogP contribution in [-0.4, -0.2) is 16.6 Å². The van der Waals surface area contributed by atoms with Gasteiger partial charge in [-0.2, -0.15) is 0 Å². The molecule has 1 amide bonds. The molecule has 2 aliphatic rings. The lowest BCUT2D eigenvalue weighted by molar-refractivity contribution is -0.123. The maximum atomic E-state index is 14.8. The molecular weight excluding hydrogens is 243 g/mol. The fourth-order valence-electron chi connectivity index (χ4n) is 2.11. The molecule has 0 unspecified atom stereocenters. The number of benzene rings is 1. The highest BCUT2D eigenvalue weighted by Gasteiger charge is 2.49. The molecule has 1 aromatic rings. The van der Waals surface area contributed by atoms with E-state index in [1.165, 1.54) is 24.1 Å². The van der Waals surface area contributed by atoms with Crippen molar-refractivity contribution in [2.45, 2.75) is 12.6 Å². The van der Waals surface area contributed by atoms with E-state index in [9.17, 15) is 9.18 Å². The summed E-state index contributed by atoms with van der Waals surface area (Å²) in [6.07, 6.45) is 2.74. The smallest absolute Gasteiger partial charge is 0.228 e. The summed E-state index contributed by atoms with van der Waals surface area (Å²) in [5.41, 5.74) is -0.922. The molecule has 0 fully saturated rings. The van der Waals surface area contributed by atoms with E-state index >= 15 is 0 Å². The molecule has 5 heteroatoms. The van der Waals surface area contributed by atoms with E-state index in [4.69, 9.17) is 11.6 Å². The first-order valence-electron chi connectivity index (χ1n) is 5.09. The van der Waals surface area contributed by atoms with E-state index in [0.29, 0.717) is 16.3 Å². The third-order valence-electron chi connectivity index (χ3n) is 2.92. The number of amidine groups is 1. The SMILES string of the molecule is CC(=O)N1C=C[C@]2(F)C1=Nc1ccc(Cl)cc12. The zero-order chi connectivity index (χ0) is 12.2. The van der Waals surface area contributed by atoms with Crippen molar-refractivity contribution in [3.8, 4) is 0 Å². The lowest BCUT2D eigenvalue weighted by Gasteiger charge is -2.18.